The lowest BCUT2D eigenvalue weighted by Crippen LogP contribution is -2.52. The van der Waals surface area contributed by atoms with Crippen LogP contribution in [0.5, 0.6) is 5.75 Å². The zero-order valence-corrected chi connectivity index (χ0v) is 12.1. The molecule has 0 aromatic heterocycles. The van der Waals surface area contributed by atoms with Crippen molar-refractivity contribution in [1.29, 1.82) is 0 Å². The number of hydrogen-bond acceptors (Lipinski definition) is 4. The van der Waals surface area contributed by atoms with Gasteiger partial charge in [0.2, 0.25) is 0 Å². The number of hydrogen-bond donors (Lipinski definition) is 1. The summed E-state index contributed by atoms with van der Waals surface area (Å²) >= 11 is 0. The van der Waals surface area contributed by atoms with Crippen molar-refractivity contribution < 1.29 is 9.53 Å². The van der Waals surface area contributed by atoms with Crippen LogP contribution in [0.3, 0.4) is 0 Å². The van der Waals surface area contributed by atoms with E-state index in [2.05, 4.69) is 10.2 Å². The molecule has 0 spiro atoms. The molecule has 1 atom stereocenters. The summed E-state index contributed by atoms with van der Waals surface area (Å²) in [5, 5.41) is 3.29. The number of nitrogens with one attached hydrogen (secondary N) is 1. The molecule has 1 unspecified atom stereocenters. The van der Waals surface area contributed by atoms with E-state index in [0.717, 1.165) is 30.8 Å². The van der Waals surface area contributed by atoms with E-state index >= 15 is 0 Å². The second-order valence-electron chi connectivity index (χ2n) is 5.29. The molecule has 0 aliphatic carbocycles. The Balaban J connectivity index is 2.32. The first-order chi connectivity index (χ1) is 9.02. The number of carbonyl (C=O) groups is 1. The SMILES string of the molecule is COc1cc(C)cc(C)c1C(=O)C1CN(C)CCN1. The van der Waals surface area contributed by atoms with E-state index in [-0.39, 0.29) is 11.8 Å². The fourth-order valence-corrected chi connectivity index (χ4v) is 2.65. The van der Waals surface area contributed by atoms with Crippen LogP contribution in [0.1, 0.15) is 21.5 Å². The Bertz CT molecular complexity index is 485. The van der Waals surface area contributed by atoms with Gasteiger partial charge in [-0.3, -0.25) is 4.79 Å². The molecule has 1 aliphatic rings. The van der Waals surface area contributed by atoms with Crippen LogP contribution in [0, 0.1) is 13.8 Å². The number of piperazine rings is 1. The molecule has 4 nitrogen and oxygen atoms in total. The summed E-state index contributed by atoms with van der Waals surface area (Å²) < 4.78 is 5.38. The highest BCUT2D eigenvalue weighted by Gasteiger charge is 2.27. The Labute approximate surface area is 114 Å². The summed E-state index contributed by atoms with van der Waals surface area (Å²) in [6, 6.07) is 3.81. The van der Waals surface area contributed by atoms with Gasteiger partial charge in [0.1, 0.15) is 5.75 Å². The number of ether oxygens (including phenoxy) is 1. The van der Waals surface area contributed by atoms with Crippen molar-refractivity contribution in [1.82, 2.24) is 10.2 Å². The molecule has 4 heteroatoms. The maximum absolute atomic E-state index is 12.7. The molecule has 1 aromatic carbocycles. The van der Waals surface area contributed by atoms with E-state index in [1.165, 1.54) is 0 Å². The Kier molecular flexibility index (Phi) is 4.22. The molecular formula is C15H22N2O2. The van der Waals surface area contributed by atoms with E-state index in [9.17, 15) is 4.79 Å². The molecule has 1 saturated heterocycles. The standard InChI is InChI=1S/C15H22N2O2/c1-10-7-11(2)14(13(8-10)19-4)15(18)12-9-17(3)6-5-16-12/h7-8,12,16H,5-6,9H2,1-4H3. The van der Waals surface area contributed by atoms with Gasteiger partial charge in [0, 0.05) is 19.6 Å². The van der Waals surface area contributed by atoms with E-state index in [1.54, 1.807) is 7.11 Å². The van der Waals surface area contributed by atoms with Gasteiger partial charge in [0.05, 0.1) is 18.7 Å². The van der Waals surface area contributed by atoms with Crippen LogP contribution in [0.2, 0.25) is 0 Å². The predicted octanol–water partition coefficient (Wildman–Crippen LogP) is 1.40. The number of ketones is 1. The molecule has 0 saturated carbocycles. The molecule has 2 rings (SSSR count). The lowest BCUT2D eigenvalue weighted by Gasteiger charge is -2.30. The fourth-order valence-electron chi connectivity index (χ4n) is 2.65. The highest BCUT2D eigenvalue weighted by molar-refractivity contribution is 6.04. The third kappa shape index (κ3) is 2.96. The Morgan fingerprint density at radius 1 is 1.42 bits per heavy atom. The first-order valence-corrected chi connectivity index (χ1v) is 6.64. The first-order valence-electron chi connectivity index (χ1n) is 6.64. The zero-order chi connectivity index (χ0) is 14.0. The van der Waals surface area contributed by atoms with Gasteiger partial charge in [0.15, 0.2) is 5.78 Å². The van der Waals surface area contributed by atoms with E-state index in [0.29, 0.717) is 11.3 Å². The van der Waals surface area contributed by atoms with E-state index in [1.807, 2.05) is 33.0 Å². The molecule has 0 amide bonds. The summed E-state index contributed by atoms with van der Waals surface area (Å²) in [4.78, 5) is 14.9. The van der Waals surface area contributed by atoms with Gasteiger partial charge in [-0.25, -0.2) is 0 Å². The lowest BCUT2D eigenvalue weighted by molar-refractivity contribution is 0.0890. The number of rotatable bonds is 3. The summed E-state index contributed by atoms with van der Waals surface area (Å²) in [7, 11) is 3.66. The van der Waals surface area contributed by atoms with Crippen LogP contribution in [0.15, 0.2) is 12.1 Å². The molecule has 1 N–H and O–H groups in total. The molecule has 1 aromatic rings. The molecule has 19 heavy (non-hydrogen) atoms. The van der Waals surface area contributed by atoms with Crippen LogP contribution >= 0.6 is 0 Å². The fraction of sp³-hybridized carbons (Fsp3) is 0.533. The second kappa shape index (κ2) is 5.72. The smallest absolute Gasteiger partial charge is 0.185 e. The monoisotopic (exact) mass is 262 g/mol. The molecule has 1 aliphatic heterocycles. The maximum atomic E-state index is 12.7. The summed E-state index contributed by atoms with van der Waals surface area (Å²) in [5.41, 5.74) is 2.80. The van der Waals surface area contributed by atoms with Crippen molar-refractivity contribution in [2.24, 2.45) is 0 Å². The Morgan fingerprint density at radius 2 is 2.16 bits per heavy atom. The van der Waals surface area contributed by atoms with Crippen LogP contribution in [0.4, 0.5) is 0 Å². The molecule has 0 bridgehead atoms. The molecule has 1 heterocycles. The minimum absolute atomic E-state index is 0.126. The summed E-state index contributed by atoms with van der Waals surface area (Å²) in [6.07, 6.45) is 0. The van der Waals surface area contributed by atoms with Crippen molar-refractivity contribution >= 4 is 5.78 Å². The minimum atomic E-state index is -0.144. The third-order valence-corrected chi connectivity index (χ3v) is 3.60. The number of aryl methyl sites for hydroxylation is 2. The number of benzene rings is 1. The number of methoxy groups -OCH3 is 1. The number of carbonyl (C=O) groups excluding carboxylic acids is 1. The highest BCUT2D eigenvalue weighted by atomic mass is 16.5. The summed E-state index contributed by atoms with van der Waals surface area (Å²) in [6.45, 7) is 6.55. The molecule has 0 radical (unpaired) electrons. The Hall–Kier alpha value is -1.39. The quantitative estimate of drug-likeness (QED) is 0.836. The van der Waals surface area contributed by atoms with Crippen molar-refractivity contribution in [2.75, 3.05) is 33.8 Å². The van der Waals surface area contributed by atoms with Gasteiger partial charge in [-0.15, -0.1) is 0 Å². The van der Waals surface area contributed by atoms with Crippen LogP contribution in [-0.4, -0.2) is 50.5 Å². The summed E-state index contributed by atoms with van der Waals surface area (Å²) in [5.74, 6) is 0.804. The maximum Gasteiger partial charge on any atom is 0.185 e. The van der Waals surface area contributed by atoms with Crippen LogP contribution in [-0.2, 0) is 0 Å². The van der Waals surface area contributed by atoms with Crippen LogP contribution in [0.25, 0.3) is 0 Å². The van der Waals surface area contributed by atoms with E-state index in [4.69, 9.17) is 4.74 Å². The predicted molar refractivity (Wildman–Crippen MR) is 76.1 cm³/mol. The van der Waals surface area contributed by atoms with Crippen molar-refractivity contribution in [3.8, 4) is 5.75 Å². The first kappa shape index (κ1) is 14.0. The zero-order valence-electron chi connectivity index (χ0n) is 12.1. The van der Waals surface area contributed by atoms with Gasteiger partial charge in [-0.05, 0) is 38.1 Å². The number of Topliss-reactive ketones (excluding diaryl/α,β-unsaturated/α-hetero) is 1. The van der Waals surface area contributed by atoms with Gasteiger partial charge < -0.3 is 15.0 Å². The highest BCUT2D eigenvalue weighted by Crippen LogP contribution is 2.26. The average molecular weight is 262 g/mol. The van der Waals surface area contributed by atoms with E-state index < -0.39 is 0 Å². The van der Waals surface area contributed by atoms with Gasteiger partial charge in [0.25, 0.3) is 0 Å². The largest absolute Gasteiger partial charge is 0.496 e. The van der Waals surface area contributed by atoms with Gasteiger partial charge >= 0.3 is 0 Å². The third-order valence-electron chi connectivity index (χ3n) is 3.60. The van der Waals surface area contributed by atoms with Gasteiger partial charge in [-0.1, -0.05) is 6.07 Å². The molecular weight excluding hydrogens is 240 g/mol. The average Bonchev–Trinajstić information content (AvgIpc) is 2.37. The second-order valence-corrected chi connectivity index (χ2v) is 5.29. The van der Waals surface area contributed by atoms with Crippen LogP contribution < -0.4 is 10.1 Å². The minimum Gasteiger partial charge on any atom is -0.496 e. The van der Waals surface area contributed by atoms with Gasteiger partial charge in [-0.2, -0.15) is 0 Å². The Morgan fingerprint density at radius 3 is 2.79 bits per heavy atom. The van der Waals surface area contributed by atoms with Crippen molar-refractivity contribution in [2.45, 2.75) is 19.9 Å². The lowest BCUT2D eigenvalue weighted by atomic mass is 9.95. The molecule has 1 fully saturated rings. The number of nitrogens with zero attached hydrogens (tertiary/aromatic N) is 1. The number of likely N-dealkylation sites (N-methyl/N-ethyl adjacent to an activating group) is 1. The topological polar surface area (TPSA) is 41.6 Å². The van der Waals surface area contributed by atoms with Crippen molar-refractivity contribution in [3.05, 3.63) is 28.8 Å². The van der Waals surface area contributed by atoms with Crippen molar-refractivity contribution in [3.63, 3.8) is 0 Å². The molecule has 104 valence electrons. The normalized spacial score (nSPS) is 20.3.